The summed E-state index contributed by atoms with van der Waals surface area (Å²) in [6, 6.07) is 0. The zero-order valence-electron chi connectivity index (χ0n) is 17.8. The molecule has 0 bridgehead atoms. The number of hydrogen-bond donors (Lipinski definition) is 11. The van der Waals surface area contributed by atoms with Gasteiger partial charge in [0.1, 0.15) is 73.2 Å². The molecule has 0 aromatic rings. The summed E-state index contributed by atoms with van der Waals surface area (Å²) in [4.78, 5) is 0. The summed E-state index contributed by atoms with van der Waals surface area (Å²) in [7, 11) is 0. The summed E-state index contributed by atoms with van der Waals surface area (Å²) in [6.45, 7) is -2.21. The molecule has 14 atom stereocenters. The van der Waals surface area contributed by atoms with Crippen molar-refractivity contribution in [1.82, 2.24) is 0 Å². The van der Waals surface area contributed by atoms with Gasteiger partial charge in [-0.15, -0.1) is 0 Å². The van der Waals surface area contributed by atoms with Gasteiger partial charge >= 0.3 is 0 Å². The zero-order chi connectivity index (χ0) is 25.3. The van der Waals surface area contributed by atoms with Crippen molar-refractivity contribution >= 4 is 0 Å². The molecule has 0 saturated carbocycles. The van der Waals surface area contributed by atoms with Crippen LogP contribution in [-0.2, 0) is 18.9 Å². The third kappa shape index (κ3) is 5.29. The Labute approximate surface area is 193 Å². The van der Waals surface area contributed by atoms with E-state index in [-0.39, 0.29) is 5.57 Å². The van der Waals surface area contributed by atoms with Crippen molar-refractivity contribution < 1.29 is 75.1 Å². The lowest BCUT2D eigenvalue weighted by atomic mass is 9.89. The van der Waals surface area contributed by atoms with Gasteiger partial charge in [-0.1, -0.05) is 0 Å². The summed E-state index contributed by atoms with van der Waals surface area (Å²) in [5.41, 5.74) is -0.0316. The summed E-state index contributed by atoms with van der Waals surface area (Å²) in [5, 5.41) is 109. The van der Waals surface area contributed by atoms with Crippen LogP contribution < -0.4 is 0 Å². The maximum absolute atomic E-state index is 10.6. The van der Waals surface area contributed by atoms with E-state index in [4.69, 9.17) is 18.9 Å². The molecule has 0 spiro atoms. The highest BCUT2D eigenvalue weighted by molar-refractivity contribution is 5.20. The molecule has 198 valence electrons. The van der Waals surface area contributed by atoms with Crippen LogP contribution in [0.4, 0.5) is 0 Å². The second-order valence-electron chi connectivity index (χ2n) is 8.43. The maximum atomic E-state index is 10.6. The topological polar surface area (TPSA) is 259 Å². The predicted molar refractivity (Wildman–Crippen MR) is 104 cm³/mol. The van der Waals surface area contributed by atoms with E-state index in [9.17, 15) is 56.2 Å². The fourth-order valence-corrected chi connectivity index (χ4v) is 4.14. The third-order valence-electron chi connectivity index (χ3n) is 6.18. The van der Waals surface area contributed by atoms with Gasteiger partial charge in [0.05, 0.1) is 19.8 Å². The molecule has 3 aliphatic rings. The molecule has 0 aromatic heterocycles. The van der Waals surface area contributed by atoms with Gasteiger partial charge in [-0.2, -0.15) is 0 Å². The lowest BCUT2D eigenvalue weighted by molar-refractivity contribution is -0.364. The van der Waals surface area contributed by atoms with Crippen LogP contribution in [0.15, 0.2) is 11.6 Å². The monoisotopic (exact) mass is 500 g/mol. The number of ether oxygens (including phenoxy) is 4. The van der Waals surface area contributed by atoms with Gasteiger partial charge in [0.25, 0.3) is 0 Å². The standard InChI is InChI=1S/C19H32O15/c20-2-5-1-6(23)9(24)12(27)16(5)33-19-15(30)13(28)17(8(4-22)32-19)34-18-14(29)11(26)10(25)7(3-21)31-18/h1,6-30H,2-4H2. The number of aliphatic hydroxyl groups excluding tert-OH is 11. The van der Waals surface area contributed by atoms with E-state index >= 15 is 0 Å². The van der Waals surface area contributed by atoms with E-state index in [2.05, 4.69) is 0 Å². The first-order valence-electron chi connectivity index (χ1n) is 10.6. The van der Waals surface area contributed by atoms with Gasteiger partial charge < -0.3 is 75.1 Å². The van der Waals surface area contributed by atoms with E-state index in [0.717, 1.165) is 6.08 Å². The summed E-state index contributed by atoms with van der Waals surface area (Å²) in [6.07, 6.45) is -21.9. The Morgan fingerprint density at radius 3 is 1.76 bits per heavy atom. The molecule has 0 radical (unpaired) electrons. The smallest absolute Gasteiger partial charge is 0.187 e. The highest BCUT2D eigenvalue weighted by Crippen LogP contribution is 2.32. The Morgan fingerprint density at radius 1 is 0.618 bits per heavy atom. The fraction of sp³-hybridized carbons (Fsp3) is 0.895. The van der Waals surface area contributed by atoms with Crippen LogP contribution in [0.5, 0.6) is 0 Å². The second kappa shape index (κ2) is 11.5. The van der Waals surface area contributed by atoms with Gasteiger partial charge in [-0.3, -0.25) is 0 Å². The van der Waals surface area contributed by atoms with Crippen molar-refractivity contribution in [3.63, 3.8) is 0 Å². The van der Waals surface area contributed by atoms with Gasteiger partial charge in [0.2, 0.25) is 0 Å². The van der Waals surface area contributed by atoms with Crippen LogP contribution in [-0.4, -0.2) is 162 Å². The first-order chi connectivity index (χ1) is 16.0. The minimum atomic E-state index is -1.88. The average molecular weight is 500 g/mol. The van der Waals surface area contributed by atoms with Crippen LogP contribution in [0.25, 0.3) is 0 Å². The molecule has 15 nitrogen and oxygen atoms in total. The Balaban J connectivity index is 1.74. The van der Waals surface area contributed by atoms with E-state index in [1.165, 1.54) is 0 Å². The quantitative estimate of drug-likeness (QED) is 0.145. The van der Waals surface area contributed by atoms with Crippen molar-refractivity contribution in [3.8, 4) is 0 Å². The average Bonchev–Trinajstić information content (AvgIpc) is 2.83. The van der Waals surface area contributed by atoms with Crippen molar-refractivity contribution in [2.24, 2.45) is 0 Å². The van der Waals surface area contributed by atoms with Gasteiger partial charge in [-0.25, -0.2) is 0 Å². The molecule has 2 saturated heterocycles. The minimum absolute atomic E-state index is 0.0316. The van der Waals surface area contributed by atoms with E-state index in [1.54, 1.807) is 0 Å². The molecule has 2 fully saturated rings. The van der Waals surface area contributed by atoms with Gasteiger partial charge in [-0.05, 0) is 11.6 Å². The first kappa shape index (κ1) is 27.7. The van der Waals surface area contributed by atoms with Gasteiger partial charge in [0.15, 0.2) is 12.6 Å². The van der Waals surface area contributed by atoms with Crippen molar-refractivity contribution in [1.29, 1.82) is 0 Å². The van der Waals surface area contributed by atoms with Crippen LogP contribution in [0.3, 0.4) is 0 Å². The highest BCUT2D eigenvalue weighted by atomic mass is 16.7. The van der Waals surface area contributed by atoms with E-state index in [0.29, 0.717) is 0 Å². The highest BCUT2D eigenvalue weighted by Gasteiger charge is 2.52. The molecule has 0 aromatic carbocycles. The van der Waals surface area contributed by atoms with Crippen molar-refractivity contribution in [3.05, 3.63) is 11.6 Å². The number of hydrogen-bond acceptors (Lipinski definition) is 15. The Morgan fingerprint density at radius 2 is 1.18 bits per heavy atom. The molecule has 34 heavy (non-hydrogen) atoms. The van der Waals surface area contributed by atoms with Crippen molar-refractivity contribution in [2.45, 2.75) is 85.8 Å². The largest absolute Gasteiger partial charge is 0.394 e. The van der Waals surface area contributed by atoms with E-state index < -0.39 is 106 Å². The Kier molecular flexibility index (Phi) is 9.35. The molecule has 2 heterocycles. The first-order valence-corrected chi connectivity index (χ1v) is 10.6. The molecular weight excluding hydrogens is 468 g/mol. The minimum Gasteiger partial charge on any atom is -0.394 e. The van der Waals surface area contributed by atoms with Crippen LogP contribution in [0, 0.1) is 0 Å². The summed E-state index contributed by atoms with van der Waals surface area (Å²) in [5.74, 6) is 0. The lowest BCUT2D eigenvalue weighted by Crippen LogP contribution is -2.65. The van der Waals surface area contributed by atoms with Crippen LogP contribution >= 0.6 is 0 Å². The van der Waals surface area contributed by atoms with E-state index in [1.807, 2.05) is 0 Å². The third-order valence-corrected chi connectivity index (χ3v) is 6.18. The normalized spacial score (nSPS) is 50.1. The molecule has 15 heteroatoms. The van der Waals surface area contributed by atoms with Gasteiger partial charge in [0, 0.05) is 0 Å². The molecule has 14 unspecified atom stereocenters. The molecule has 3 rings (SSSR count). The molecule has 11 N–H and O–H groups in total. The van der Waals surface area contributed by atoms with Crippen LogP contribution in [0.1, 0.15) is 0 Å². The molecule has 2 aliphatic heterocycles. The number of aliphatic hydroxyl groups is 11. The summed E-state index contributed by atoms with van der Waals surface area (Å²) < 4.78 is 21.6. The second-order valence-corrected chi connectivity index (χ2v) is 8.43. The summed E-state index contributed by atoms with van der Waals surface area (Å²) >= 11 is 0. The predicted octanol–water partition coefficient (Wildman–Crippen LogP) is -6.99. The zero-order valence-corrected chi connectivity index (χ0v) is 17.8. The Hall–Kier alpha value is -0.860. The van der Waals surface area contributed by atoms with Crippen LogP contribution in [0.2, 0.25) is 0 Å². The molecule has 1 aliphatic carbocycles. The molecular formula is C19H32O15. The Bertz CT molecular complexity index is 689. The number of rotatable bonds is 7. The van der Waals surface area contributed by atoms with Crippen molar-refractivity contribution in [2.75, 3.05) is 19.8 Å². The SMILES string of the molecule is OCC1=CC(O)C(O)C(O)C1OC1OC(CO)C(OC2OC(CO)C(O)C(O)C2O)C(O)C1O. The lowest BCUT2D eigenvalue weighted by Gasteiger charge is -2.47. The fourth-order valence-electron chi connectivity index (χ4n) is 4.14. The maximum Gasteiger partial charge on any atom is 0.187 e. The molecule has 0 amide bonds.